The first-order valence-electron chi connectivity index (χ1n) is 5.79. The summed E-state index contributed by atoms with van der Waals surface area (Å²) in [5, 5.41) is 0. The van der Waals surface area contributed by atoms with Gasteiger partial charge in [-0.2, -0.15) is 0 Å². The minimum absolute atomic E-state index is 0.159. The molecule has 1 unspecified atom stereocenters. The van der Waals surface area contributed by atoms with Crippen molar-refractivity contribution in [2.45, 2.75) is 58.4 Å². The molecule has 0 saturated carbocycles. The molecule has 102 valence electrons. The Kier molecular flexibility index (Phi) is 7.95. The van der Waals surface area contributed by atoms with Crippen LogP contribution in [0.25, 0.3) is 0 Å². The van der Waals surface area contributed by atoms with Gasteiger partial charge in [-0.25, -0.2) is 0 Å². The number of ether oxygens (including phenoxy) is 2. The van der Waals surface area contributed by atoms with Crippen LogP contribution in [0.15, 0.2) is 0 Å². The number of carbonyl (C=O) groups is 1. The quantitative estimate of drug-likeness (QED) is 0.493. The molecule has 0 aromatic rings. The van der Waals surface area contributed by atoms with Gasteiger partial charge in [0.25, 0.3) is 0 Å². The van der Waals surface area contributed by atoms with Crippen LogP contribution in [0.3, 0.4) is 0 Å². The van der Waals surface area contributed by atoms with Crippen LogP contribution in [0.4, 0.5) is 13.2 Å². The molecule has 0 saturated heterocycles. The van der Waals surface area contributed by atoms with Crippen molar-refractivity contribution in [1.82, 2.24) is 0 Å². The first-order chi connectivity index (χ1) is 7.89. The minimum atomic E-state index is -4.70. The molecule has 3 nitrogen and oxygen atoms in total. The molecular formula is C11H19F3O3. The van der Waals surface area contributed by atoms with Gasteiger partial charge in [0.05, 0.1) is 19.1 Å². The Bertz CT molecular complexity index is 216. The van der Waals surface area contributed by atoms with Crippen molar-refractivity contribution in [2.24, 2.45) is 0 Å². The van der Waals surface area contributed by atoms with E-state index in [-0.39, 0.29) is 19.4 Å². The largest absolute Gasteiger partial charge is 0.522 e. The number of carbonyl (C=O) groups excluding carboxylic acids is 1. The molecule has 0 aromatic carbocycles. The third-order valence-corrected chi connectivity index (χ3v) is 2.13. The van der Waals surface area contributed by atoms with Gasteiger partial charge in [0.2, 0.25) is 0 Å². The van der Waals surface area contributed by atoms with Crippen LogP contribution in [-0.4, -0.2) is 25.0 Å². The molecule has 0 amide bonds. The van der Waals surface area contributed by atoms with Crippen molar-refractivity contribution in [2.75, 3.05) is 6.61 Å². The van der Waals surface area contributed by atoms with Crippen LogP contribution >= 0.6 is 0 Å². The Balaban J connectivity index is 4.14. The molecule has 1 atom stereocenters. The van der Waals surface area contributed by atoms with Gasteiger partial charge in [0.1, 0.15) is 0 Å². The first kappa shape index (κ1) is 16.2. The fourth-order valence-corrected chi connectivity index (χ4v) is 1.42. The van der Waals surface area contributed by atoms with Crippen molar-refractivity contribution in [3.8, 4) is 0 Å². The van der Waals surface area contributed by atoms with Crippen molar-refractivity contribution < 1.29 is 27.4 Å². The zero-order chi connectivity index (χ0) is 13.3. The van der Waals surface area contributed by atoms with Crippen LogP contribution < -0.4 is 0 Å². The highest BCUT2D eigenvalue weighted by Crippen LogP contribution is 2.23. The summed E-state index contributed by atoms with van der Waals surface area (Å²) < 4.78 is 44.7. The summed E-state index contributed by atoms with van der Waals surface area (Å²) >= 11 is 0. The molecule has 0 N–H and O–H groups in total. The predicted octanol–water partition coefficient (Wildman–Crippen LogP) is 3.42. The highest BCUT2D eigenvalue weighted by Gasteiger charge is 2.34. The maximum absolute atomic E-state index is 12.1. The Morgan fingerprint density at radius 2 is 1.88 bits per heavy atom. The lowest BCUT2D eigenvalue weighted by Crippen LogP contribution is -2.27. The Morgan fingerprint density at radius 1 is 1.24 bits per heavy atom. The second-order valence-electron chi connectivity index (χ2n) is 3.69. The van der Waals surface area contributed by atoms with Gasteiger partial charge in [0.15, 0.2) is 0 Å². The van der Waals surface area contributed by atoms with E-state index in [0.29, 0.717) is 6.42 Å². The lowest BCUT2D eigenvalue weighted by molar-refractivity contribution is -0.343. The summed E-state index contributed by atoms with van der Waals surface area (Å²) in [4.78, 5) is 11.1. The second kappa shape index (κ2) is 8.33. The van der Waals surface area contributed by atoms with Crippen LogP contribution in [0.1, 0.15) is 46.0 Å². The van der Waals surface area contributed by atoms with Gasteiger partial charge in [-0.3, -0.25) is 9.53 Å². The van der Waals surface area contributed by atoms with E-state index >= 15 is 0 Å². The SMILES string of the molecule is CCCCCC(CC(=O)OCC)OC(F)(F)F. The molecule has 0 fully saturated rings. The van der Waals surface area contributed by atoms with E-state index in [1.165, 1.54) is 0 Å². The molecule has 0 aliphatic carbocycles. The molecule has 0 heterocycles. The molecule has 0 radical (unpaired) electrons. The number of hydrogen-bond donors (Lipinski definition) is 0. The van der Waals surface area contributed by atoms with Gasteiger partial charge in [-0.05, 0) is 13.3 Å². The van der Waals surface area contributed by atoms with Crippen molar-refractivity contribution in [3.63, 3.8) is 0 Å². The molecule has 0 aliphatic heterocycles. The summed E-state index contributed by atoms with van der Waals surface area (Å²) in [6, 6.07) is 0. The monoisotopic (exact) mass is 256 g/mol. The lowest BCUT2D eigenvalue weighted by atomic mass is 10.1. The molecule has 0 aliphatic rings. The van der Waals surface area contributed by atoms with Crippen LogP contribution in [0, 0.1) is 0 Å². The van der Waals surface area contributed by atoms with Crippen LogP contribution in [0.2, 0.25) is 0 Å². The summed E-state index contributed by atoms with van der Waals surface area (Å²) in [7, 11) is 0. The maximum Gasteiger partial charge on any atom is 0.522 e. The molecule has 6 heteroatoms. The van der Waals surface area contributed by atoms with Crippen LogP contribution in [0.5, 0.6) is 0 Å². The minimum Gasteiger partial charge on any atom is -0.466 e. The van der Waals surface area contributed by atoms with Gasteiger partial charge < -0.3 is 4.74 Å². The van der Waals surface area contributed by atoms with Gasteiger partial charge in [-0.1, -0.05) is 26.2 Å². The molecule has 0 spiro atoms. The van der Waals surface area contributed by atoms with E-state index in [0.717, 1.165) is 12.8 Å². The van der Waals surface area contributed by atoms with Crippen LogP contribution in [-0.2, 0) is 14.3 Å². The van der Waals surface area contributed by atoms with E-state index in [1.54, 1.807) is 6.92 Å². The van der Waals surface area contributed by atoms with Gasteiger partial charge >= 0.3 is 12.3 Å². The fourth-order valence-electron chi connectivity index (χ4n) is 1.42. The zero-order valence-electron chi connectivity index (χ0n) is 10.2. The number of esters is 1. The predicted molar refractivity (Wildman–Crippen MR) is 56.3 cm³/mol. The van der Waals surface area contributed by atoms with E-state index in [2.05, 4.69) is 9.47 Å². The first-order valence-corrected chi connectivity index (χ1v) is 5.79. The smallest absolute Gasteiger partial charge is 0.466 e. The Labute approximate surface area is 99.3 Å². The van der Waals surface area contributed by atoms with Crippen molar-refractivity contribution in [3.05, 3.63) is 0 Å². The van der Waals surface area contributed by atoms with Gasteiger partial charge in [-0.15, -0.1) is 13.2 Å². The van der Waals surface area contributed by atoms with E-state index in [9.17, 15) is 18.0 Å². The van der Waals surface area contributed by atoms with E-state index in [4.69, 9.17) is 0 Å². The maximum atomic E-state index is 12.1. The third-order valence-electron chi connectivity index (χ3n) is 2.13. The molecule has 0 rings (SSSR count). The standard InChI is InChI=1S/C11H19F3O3/c1-3-5-6-7-9(17-11(12,13)14)8-10(15)16-4-2/h9H,3-8H2,1-2H3. The molecule has 0 bridgehead atoms. The van der Waals surface area contributed by atoms with Crippen molar-refractivity contribution in [1.29, 1.82) is 0 Å². The highest BCUT2D eigenvalue weighted by atomic mass is 19.4. The van der Waals surface area contributed by atoms with Crippen molar-refractivity contribution >= 4 is 5.97 Å². The number of halogens is 3. The average molecular weight is 256 g/mol. The summed E-state index contributed by atoms with van der Waals surface area (Å²) in [6.45, 7) is 3.71. The normalized spacial score (nSPS) is 13.5. The van der Waals surface area contributed by atoms with Gasteiger partial charge in [0, 0.05) is 0 Å². The van der Waals surface area contributed by atoms with E-state index in [1.807, 2.05) is 6.92 Å². The average Bonchev–Trinajstić information content (AvgIpc) is 2.15. The molecule has 17 heavy (non-hydrogen) atoms. The summed E-state index contributed by atoms with van der Waals surface area (Å²) in [5.74, 6) is -0.654. The Morgan fingerprint density at radius 3 is 2.35 bits per heavy atom. The fraction of sp³-hybridized carbons (Fsp3) is 0.909. The zero-order valence-corrected chi connectivity index (χ0v) is 10.2. The third kappa shape index (κ3) is 10.1. The topological polar surface area (TPSA) is 35.5 Å². The Hall–Kier alpha value is -0.780. The summed E-state index contributed by atoms with van der Waals surface area (Å²) in [5.41, 5.74) is 0. The van der Waals surface area contributed by atoms with E-state index < -0.39 is 18.4 Å². The highest BCUT2D eigenvalue weighted by molar-refractivity contribution is 5.69. The number of unbranched alkanes of at least 4 members (excludes halogenated alkanes) is 2. The second-order valence-corrected chi connectivity index (χ2v) is 3.69. The number of alkyl halides is 3. The lowest BCUT2D eigenvalue weighted by Gasteiger charge is -2.18. The number of hydrogen-bond acceptors (Lipinski definition) is 3. The molecule has 0 aromatic heterocycles. The molecular weight excluding hydrogens is 237 g/mol. The summed E-state index contributed by atoms with van der Waals surface area (Å²) in [6.07, 6.45) is -3.65. The number of rotatable bonds is 8.